The molecule has 2 aromatic heterocycles. The molecule has 172 valence electrons. The van der Waals surface area contributed by atoms with Gasteiger partial charge in [-0.25, -0.2) is 9.97 Å². The van der Waals surface area contributed by atoms with Crippen LogP contribution in [0.3, 0.4) is 0 Å². The highest BCUT2D eigenvalue weighted by molar-refractivity contribution is 7.15. The number of thiazole rings is 1. The molecule has 1 aromatic carbocycles. The van der Waals surface area contributed by atoms with Gasteiger partial charge in [-0.15, -0.1) is 11.3 Å². The van der Waals surface area contributed by atoms with Gasteiger partial charge in [0.2, 0.25) is 0 Å². The third-order valence-corrected chi connectivity index (χ3v) is 7.44. The Morgan fingerprint density at radius 2 is 1.97 bits per heavy atom. The Balaban J connectivity index is 1.35. The van der Waals surface area contributed by atoms with Crippen molar-refractivity contribution < 1.29 is 18.0 Å². The molecule has 1 aliphatic carbocycles. The van der Waals surface area contributed by atoms with Crippen LogP contribution in [0, 0.1) is 12.3 Å². The molecule has 33 heavy (non-hydrogen) atoms. The Bertz CT molecular complexity index is 1160. The van der Waals surface area contributed by atoms with Gasteiger partial charge in [-0.05, 0) is 49.3 Å². The summed E-state index contributed by atoms with van der Waals surface area (Å²) in [7, 11) is 0. The maximum Gasteiger partial charge on any atom is 0.417 e. The minimum atomic E-state index is -4.42. The molecular weight excluding hydrogens is 449 g/mol. The first-order valence-electron chi connectivity index (χ1n) is 10.9. The van der Waals surface area contributed by atoms with Crippen LogP contribution in [0.5, 0.6) is 0 Å². The second-order valence-electron chi connectivity index (χ2n) is 8.88. The molecule has 3 heterocycles. The van der Waals surface area contributed by atoms with Crippen LogP contribution in [0.1, 0.15) is 40.3 Å². The zero-order valence-electron chi connectivity index (χ0n) is 18.0. The first kappa shape index (κ1) is 21.9. The number of carbonyl (C=O) groups is 1. The van der Waals surface area contributed by atoms with Crippen LogP contribution >= 0.6 is 11.3 Å². The van der Waals surface area contributed by atoms with Gasteiger partial charge < -0.3 is 10.2 Å². The fourth-order valence-corrected chi connectivity index (χ4v) is 5.42. The minimum Gasteiger partial charge on any atom is -0.368 e. The molecule has 5 nitrogen and oxygen atoms in total. The quantitative estimate of drug-likeness (QED) is 0.522. The summed E-state index contributed by atoms with van der Waals surface area (Å²) in [6.07, 6.45) is -0.537. The highest BCUT2D eigenvalue weighted by atomic mass is 32.1. The largest absolute Gasteiger partial charge is 0.417 e. The molecule has 1 spiro atoms. The van der Waals surface area contributed by atoms with Crippen LogP contribution in [0.2, 0.25) is 0 Å². The van der Waals surface area contributed by atoms with Gasteiger partial charge in [0, 0.05) is 25.3 Å². The van der Waals surface area contributed by atoms with E-state index in [2.05, 4.69) is 15.3 Å². The monoisotopic (exact) mass is 472 g/mol. The molecule has 0 radical (unpaired) electrons. The van der Waals surface area contributed by atoms with Crippen molar-refractivity contribution in [1.82, 2.24) is 14.9 Å². The Kier molecular flexibility index (Phi) is 5.39. The van der Waals surface area contributed by atoms with E-state index in [1.165, 1.54) is 17.4 Å². The van der Waals surface area contributed by atoms with Crippen molar-refractivity contribution in [3.05, 3.63) is 64.9 Å². The molecule has 9 heteroatoms. The van der Waals surface area contributed by atoms with Gasteiger partial charge in [0.05, 0.1) is 15.4 Å². The first-order chi connectivity index (χ1) is 15.7. The van der Waals surface area contributed by atoms with Crippen LogP contribution in [0.4, 0.5) is 19.0 Å². The van der Waals surface area contributed by atoms with E-state index in [0.29, 0.717) is 24.6 Å². The lowest BCUT2D eigenvalue weighted by atomic mass is 10.0. The van der Waals surface area contributed by atoms with Crippen molar-refractivity contribution in [2.24, 2.45) is 5.41 Å². The van der Waals surface area contributed by atoms with Crippen molar-refractivity contribution in [2.75, 3.05) is 18.4 Å². The topological polar surface area (TPSA) is 58.1 Å². The fraction of sp³-hybridized carbons (Fsp3) is 0.375. The number of nitrogens with one attached hydrogen (secondary N) is 1. The third kappa shape index (κ3) is 4.46. The number of nitrogens with zero attached hydrogens (tertiary/aromatic N) is 3. The van der Waals surface area contributed by atoms with Crippen molar-refractivity contribution in [3.8, 4) is 10.4 Å². The molecule has 1 amide bonds. The maximum atomic E-state index is 13.6. The summed E-state index contributed by atoms with van der Waals surface area (Å²) >= 11 is 1.51. The van der Waals surface area contributed by atoms with E-state index in [4.69, 9.17) is 0 Å². The first-order valence-corrected chi connectivity index (χ1v) is 11.7. The van der Waals surface area contributed by atoms with Crippen molar-refractivity contribution in [1.29, 1.82) is 0 Å². The normalized spacial score (nSPS) is 19.2. The number of hydrogen-bond acceptors (Lipinski definition) is 5. The number of carbonyl (C=O) groups excluding carboxylic acids is 1. The van der Waals surface area contributed by atoms with E-state index in [1.807, 2.05) is 42.2 Å². The van der Waals surface area contributed by atoms with Crippen LogP contribution in [-0.4, -0.2) is 39.9 Å². The van der Waals surface area contributed by atoms with Crippen molar-refractivity contribution >= 4 is 23.1 Å². The molecule has 1 saturated carbocycles. The van der Waals surface area contributed by atoms with E-state index in [0.717, 1.165) is 47.0 Å². The number of rotatable bonds is 5. The second kappa shape index (κ2) is 8.13. The number of anilines is 1. The molecule has 3 aromatic rings. The Hall–Kier alpha value is -2.94. The van der Waals surface area contributed by atoms with Gasteiger partial charge >= 0.3 is 6.18 Å². The van der Waals surface area contributed by atoms with E-state index in [1.54, 1.807) is 0 Å². The lowest BCUT2D eigenvalue weighted by Crippen LogP contribution is -2.40. The molecule has 2 fully saturated rings. The standard InChI is InChI=1S/C24H23F3N4OS/c1-15-30-20(21(33-15)16-5-3-2-4-6-16)22(32)31-14-23(9-10-23)11-18(31)13-29-19-8-7-17(12-28-19)24(25,26)27/h2-8,12,18H,9-11,13-14H2,1H3,(H,28,29). The van der Waals surface area contributed by atoms with Crippen LogP contribution in [0.15, 0.2) is 48.7 Å². The van der Waals surface area contributed by atoms with Gasteiger partial charge in [0.1, 0.15) is 11.5 Å². The Labute approximate surface area is 193 Å². The molecule has 0 bridgehead atoms. The van der Waals surface area contributed by atoms with Gasteiger partial charge in [-0.2, -0.15) is 13.2 Å². The summed E-state index contributed by atoms with van der Waals surface area (Å²) in [4.78, 5) is 24.9. The summed E-state index contributed by atoms with van der Waals surface area (Å²) < 4.78 is 38.4. The predicted molar refractivity (Wildman–Crippen MR) is 121 cm³/mol. The third-order valence-electron chi connectivity index (χ3n) is 6.42. The van der Waals surface area contributed by atoms with Crippen molar-refractivity contribution in [3.63, 3.8) is 0 Å². The van der Waals surface area contributed by atoms with E-state index < -0.39 is 11.7 Å². The molecule has 1 aliphatic heterocycles. The molecular formula is C24H23F3N4OS. The summed E-state index contributed by atoms with van der Waals surface area (Å²) in [5.41, 5.74) is 0.817. The lowest BCUT2D eigenvalue weighted by Gasteiger charge is -2.25. The number of halogens is 3. The van der Waals surface area contributed by atoms with Gasteiger partial charge in [0.25, 0.3) is 5.91 Å². The number of alkyl halides is 3. The number of benzene rings is 1. The van der Waals surface area contributed by atoms with Gasteiger partial charge in [-0.3, -0.25) is 4.79 Å². The van der Waals surface area contributed by atoms with Gasteiger partial charge in [0.15, 0.2) is 0 Å². The van der Waals surface area contributed by atoms with Crippen LogP contribution < -0.4 is 5.32 Å². The average molecular weight is 473 g/mol. The Morgan fingerprint density at radius 1 is 1.21 bits per heavy atom. The maximum absolute atomic E-state index is 13.6. The molecule has 1 unspecified atom stereocenters. The number of amides is 1. The summed E-state index contributed by atoms with van der Waals surface area (Å²) in [5, 5.41) is 3.96. The summed E-state index contributed by atoms with van der Waals surface area (Å²) in [6, 6.07) is 12.0. The zero-order chi connectivity index (χ0) is 23.2. The summed E-state index contributed by atoms with van der Waals surface area (Å²) in [5.74, 6) is 0.274. The number of aromatic nitrogens is 2. The van der Waals surface area contributed by atoms with E-state index in [-0.39, 0.29) is 17.4 Å². The number of likely N-dealkylation sites (tertiary alicyclic amines) is 1. The number of pyridine rings is 1. The Morgan fingerprint density at radius 3 is 2.61 bits per heavy atom. The SMILES string of the molecule is Cc1nc(C(=O)N2CC3(CC3)CC2CNc2ccc(C(F)(F)F)cn2)c(-c2ccccc2)s1. The van der Waals surface area contributed by atoms with Gasteiger partial charge in [-0.1, -0.05) is 30.3 Å². The smallest absolute Gasteiger partial charge is 0.368 e. The molecule has 1 N–H and O–H groups in total. The molecule has 1 saturated heterocycles. The van der Waals surface area contributed by atoms with Crippen LogP contribution in [0.25, 0.3) is 10.4 Å². The number of hydrogen-bond donors (Lipinski definition) is 1. The summed E-state index contributed by atoms with van der Waals surface area (Å²) in [6.45, 7) is 3.01. The highest BCUT2D eigenvalue weighted by Gasteiger charge is 2.53. The van der Waals surface area contributed by atoms with Crippen LogP contribution in [-0.2, 0) is 6.18 Å². The average Bonchev–Trinajstić information content (AvgIpc) is 3.28. The fourth-order valence-electron chi connectivity index (χ4n) is 4.51. The molecule has 5 rings (SSSR count). The van der Waals surface area contributed by atoms with E-state index in [9.17, 15) is 18.0 Å². The molecule has 1 atom stereocenters. The van der Waals surface area contributed by atoms with E-state index >= 15 is 0 Å². The minimum absolute atomic E-state index is 0.0743. The highest BCUT2D eigenvalue weighted by Crippen LogP contribution is 2.55. The second-order valence-corrected chi connectivity index (χ2v) is 10.1. The number of aryl methyl sites for hydroxylation is 1. The molecule has 2 aliphatic rings. The zero-order valence-corrected chi connectivity index (χ0v) is 18.8. The lowest BCUT2D eigenvalue weighted by molar-refractivity contribution is -0.137. The predicted octanol–water partition coefficient (Wildman–Crippen LogP) is 5.64. The van der Waals surface area contributed by atoms with Crippen molar-refractivity contribution in [2.45, 2.75) is 38.4 Å².